The van der Waals surface area contributed by atoms with Crippen molar-refractivity contribution >= 4 is 12.3 Å². The first kappa shape index (κ1) is 18.0. The number of hydrogen-bond donors (Lipinski definition) is 1. The summed E-state index contributed by atoms with van der Waals surface area (Å²) in [5, 5.41) is 8.91. The van der Waals surface area contributed by atoms with Crippen LogP contribution < -0.4 is 0 Å². The summed E-state index contributed by atoms with van der Waals surface area (Å²) in [4.78, 5) is 22.3. The minimum Gasteiger partial charge on any atom is -0.478 e. The van der Waals surface area contributed by atoms with Gasteiger partial charge in [-0.05, 0) is 74.2 Å². The van der Waals surface area contributed by atoms with Crippen LogP contribution in [0.5, 0.6) is 0 Å². The van der Waals surface area contributed by atoms with Gasteiger partial charge in [0, 0.05) is 6.08 Å². The van der Waals surface area contributed by atoms with Gasteiger partial charge in [-0.1, -0.05) is 31.9 Å². The first-order valence-electron chi connectivity index (χ1n) is 8.70. The zero-order valence-corrected chi connectivity index (χ0v) is 15.1. The van der Waals surface area contributed by atoms with Gasteiger partial charge in [0.15, 0.2) is 0 Å². The number of hydrogen-bond acceptors (Lipinski definition) is 2. The fourth-order valence-electron chi connectivity index (χ4n) is 5.05. The van der Waals surface area contributed by atoms with Crippen LogP contribution in [0, 0.1) is 22.7 Å². The van der Waals surface area contributed by atoms with Crippen molar-refractivity contribution in [2.45, 2.75) is 66.7 Å². The maximum Gasteiger partial charge on any atom is 0.328 e. The van der Waals surface area contributed by atoms with Crippen LogP contribution in [0.1, 0.15) is 66.7 Å². The molecule has 0 aliphatic heterocycles. The summed E-state index contributed by atoms with van der Waals surface area (Å²) in [6, 6.07) is 0. The van der Waals surface area contributed by atoms with Gasteiger partial charge in [-0.3, -0.25) is 4.79 Å². The number of rotatable bonds is 5. The van der Waals surface area contributed by atoms with E-state index in [0.29, 0.717) is 11.8 Å². The summed E-state index contributed by atoms with van der Waals surface area (Å²) in [5.74, 6) is 0.212. The van der Waals surface area contributed by atoms with Gasteiger partial charge < -0.3 is 5.11 Å². The van der Waals surface area contributed by atoms with Crippen molar-refractivity contribution in [1.29, 1.82) is 0 Å². The van der Waals surface area contributed by atoms with Gasteiger partial charge in [0.2, 0.25) is 0 Å². The van der Waals surface area contributed by atoms with Gasteiger partial charge in [0.05, 0.1) is 0 Å². The van der Waals surface area contributed by atoms with Gasteiger partial charge >= 0.3 is 5.97 Å². The van der Waals surface area contributed by atoms with Gasteiger partial charge in [-0.15, -0.1) is 0 Å². The van der Waals surface area contributed by atoms with Crippen molar-refractivity contribution in [3.8, 4) is 0 Å². The predicted molar refractivity (Wildman–Crippen MR) is 92.1 cm³/mol. The minimum absolute atomic E-state index is 0.127. The molecule has 0 spiro atoms. The van der Waals surface area contributed by atoms with E-state index in [1.54, 1.807) is 0 Å². The molecule has 0 saturated heterocycles. The molecule has 1 saturated carbocycles. The molecule has 3 heteroatoms. The quantitative estimate of drug-likeness (QED) is 0.586. The van der Waals surface area contributed by atoms with Crippen LogP contribution in [0.2, 0.25) is 0 Å². The normalized spacial score (nSPS) is 37.7. The second-order valence-electron chi connectivity index (χ2n) is 8.22. The fraction of sp³-hybridized carbons (Fsp3) is 0.700. The summed E-state index contributed by atoms with van der Waals surface area (Å²) < 4.78 is 0. The van der Waals surface area contributed by atoms with E-state index in [1.165, 1.54) is 18.1 Å². The summed E-state index contributed by atoms with van der Waals surface area (Å²) >= 11 is 0. The van der Waals surface area contributed by atoms with Crippen LogP contribution in [0.25, 0.3) is 0 Å². The predicted octanol–water partition coefficient (Wildman–Crippen LogP) is 4.78. The fourth-order valence-corrected chi connectivity index (χ4v) is 5.05. The Morgan fingerprint density at radius 2 is 2.04 bits per heavy atom. The number of allylic oxidation sites excluding steroid dienone is 3. The van der Waals surface area contributed by atoms with E-state index >= 15 is 0 Å². The molecule has 128 valence electrons. The van der Waals surface area contributed by atoms with Gasteiger partial charge in [-0.25, -0.2) is 4.79 Å². The van der Waals surface area contributed by atoms with E-state index in [4.69, 9.17) is 5.11 Å². The number of carboxylic acids is 1. The highest BCUT2D eigenvalue weighted by molar-refractivity contribution is 5.80. The smallest absolute Gasteiger partial charge is 0.328 e. The number of aldehydes is 1. The Balaban J connectivity index is 2.26. The maximum atomic E-state index is 11.5. The van der Waals surface area contributed by atoms with Crippen LogP contribution in [-0.4, -0.2) is 17.4 Å². The van der Waals surface area contributed by atoms with Crippen LogP contribution in [0.15, 0.2) is 22.8 Å². The van der Waals surface area contributed by atoms with Crippen molar-refractivity contribution in [2.24, 2.45) is 22.7 Å². The zero-order valence-electron chi connectivity index (χ0n) is 15.1. The summed E-state index contributed by atoms with van der Waals surface area (Å²) in [5.41, 5.74) is 3.48. The first-order valence-corrected chi connectivity index (χ1v) is 8.70. The Hall–Kier alpha value is -1.38. The summed E-state index contributed by atoms with van der Waals surface area (Å²) in [6.45, 7) is 11.0. The molecule has 4 atom stereocenters. The molecule has 0 bridgehead atoms. The first-order chi connectivity index (χ1) is 10.6. The summed E-state index contributed by atoms with van der Waals surface area (Å²) in [7, 11) is 0. The molecule has 0 amide bonds. The SMILES string of the molecule is CC(=CC(=O)O)CCC1(C)C(C)CCC2(C)C(C)=C(C=O)CC21. The number of carboxylic acid groups (broad SMARTS) is 1. The third-order valence-corrected chi connectivity index (χ3v) is 7.12. The second kappa shape index (κ2) is 6.26. The molecule has 2 rings (SSSR count). The van der Waals surface area contributed by atoms with Crippen molar-refractivity contribution in [2.75, 3.05) is 0 Å². The number of carbonyl (C=O) groups is 2. The summed E-state index contributed by atoms with van der Waals surface area (Å²) in [6.07, 6.45) is 7.40. The largest absolute Gasteiger partial charge is 0.478 e. The second-order valence-corrected chi connectivity index (χ2v) is 8.22. The number of aliphatic carboxylic acids is 1. The Kier molecular flexibility index (Phi) is 4.89. The van der Waals surface area contributed by atoms with Crippen LogP contribution >= 0.6 is 0 Å². The Morgan fingerprint density at radius 1 is 1.39 bits per heavy atom. The molecule has 0 aromatic carbocycles. The molecule has 1 fully saturated rings. The lowest BCUT2D eigenvalue weighted by atomic mass is 9.50. The Bertz CT molecular complexity index is 571. The zero-order chi connectivity index (χ0) is 17.4. The lowest BCUT2D eigenvalue weighted by Crippen LogP contribution is -2.46. The Morgan fingerprint density at radius 3 is 2.61 bits per heavy atom. The maximum absolute atomic E-state index is 11.5. The molecule has 23 heavy (non-hydrogen) atoms. The molecule has 0 heterocycles. The lowest BCUT2D eigenvalue weighted by Gasteiger charge is -2.54. The van der Waals surface area contributed by atoms with Crippen LogP contribution in [-0.2, 0) is 9.59 Å². The highest BCUT2D eigenvalue weighted by Gasteiger charge is 2.55. The van der Waals surface area contributed by atoms with E-state index in [2.05, 4.69) is 27.7 Å². The van der Waals surface area contributed by atoms with Gasteiger partial charge in [-0.2, -0.15) is 0 Å². The van der Waals surface area contributed by atoms with E-state index in [1.807, 2.05) is 6.92 Å². The van der Waals surface area contributed by atoms with Crippen LogP contribution in [0.4, 0.5) is 0 Å². The van der Waals surface area contributed by atoms with Crippen molar-refractivity contribution in [1.82, 2.24) is 0 Å². The van der Waals surface area contributed by atoms with Crippen LogP contribution in [0.3, 0.4) is 0 Å². The van der Waals surface area contributed by atoms with E-state index in [0.717, 1.165) is 43.1 Å². The molecule has 1 N–H and O–H groups in total. The van der Waals surface area contributed by atoms with Crippen molar-refractivity contribution < 1.29 is 14.7 Å². The molecule has 0 aromatic heterocycles. The van der Waals surface area contributed by atoms with E-state index < -0.39 is 5.97 Å². The monoisotopic (exact) mass is 318 g/mol. The standard InChI is InChI=1S/C20H30O3/c1-13(10-18(22)23)6-8-19(4)14(2)7-9-20(5)15(3)16(12-21)11-17(19)20/h10,12,14,17H,6-9,11H2,1-5H3,(H,22,23). The topological polar surface area (TPSA) is 54.4 Å². The Labute approximate surface area is 139 Å². The molecular weight excluding hydrogens is 288 g/mol. The highest BCUT2D eigenvalue weighted by atomic mass is 16.4. The van der Waals surface area contributed by atoms with E-state index in [-0.39, 0.29) is 10.8 Å². The van der Waals surface area contributed by atoms with Crippen molar-refractivity contribution in [3.05, 3.63) is 22.8 Å². The molecule has 3 nitrogen and oxygen atoms in total. The highest BCUT2D eigenvalue weighted by Crippen LogP contribution is 2.64. The third kappa shape index (κ3) is 3.02. The molecule has 4 unspecified atom stereocenters. The molecular formula is C20H30O3. The third-order valence-electron chi connectivity index (χ3n) is 7.12. The van der Waals surface area contributed by atoms with Gasteiger partial charge in [0.1, 0.15) is 6.29 Å². The molecule has 0 radical (unpaired) electrons. The number of carbonyl (C=O) groups excluding carboxylic acids is 1. The van der Waals surface area contributed by atoms with Gasteiger partial charge in [0.25, 0.3) is 0 Å². The number of fused-ring (bicyclic) bond motifs is 1. The lowest BCUT2D eigenvalue weighted by molar-refractivity contribution is -0.131. The average molecular weight is 318 g/mol. The molecule has 0 aromatic rings. The molecule has 2 aliphatic carbocycles. The minimum atomic E-state index is -0.865. The average Bonchev–Trinajstić information content (AvgIpc) is 2.74. The molecule has 2 aliphatic rings. The van der Waals surface area contributed by atoms with Crippen molar-refractivity contribution in [3.63, 3.8) is 0 Å². The van der Waals surface area contributed by atoms with E-state index in [9.17, 15) is 9.59 Å².